The van der Waals surface area contributed by atoms with Gasteiger partial charge in [0.05, 0.1) is 17.1 Å². The average molecular weight is 292 g/mol. The summed E-state index contributed by atoms with van der Waals surface area (Å²) in [6, 6.07) is 7.70. The fourth-order valence-electron chi connectivity index (χ4n) is 2.46. The van der Waals surface area contributed by atoms with E-state index in [1.807, 2.05) is 19.1 Å². The molecule has 0 aromatic heterocycles. The Hall–Kier alpha value is -2.07. The first-order valence-electron chi connectivity index (χ1n) is 6.08. The number of anilines is 2. The Labute approximate surface area is 120 Å². The van der Waals surface area contributed by atoms with Crippen LogP contribution in [0.1, 0.15) is 11.1 Å². The number of hydrogen-bond acceptors (Lipinski definition) is 2. The molecular formula is C15H11ClFNO2. The Morgan fingerprint density at radius 3 is 2.75 bits per heavy atom. The summed E-state index contributed by atoms with van der Waals surface area (Å²) >= 11 is 5.98. The molecule has 3 nitrogen and oxygen atoms in total. The summed E-state index contributed by atoms with van der Waals surface area (Å²) in [5.41, 5.74) is 2.50. The van der Waals surface area contributed by atoms with E-state index >= 15 is 0 Å². The highest BCUT2D eigenvalue weighted by molar-refractivity contribution is 6.34. The van der Waals surface area contributed by atoms with E-state index in [0.717, 1.165) is 17.2 Å². The molecule has 102 valence electrons. The van der Waals surface area contributed by atoms with E-state index in [0.29, 0.717) is 5.69 Å². The molecule has 1 amide bonds. The van der Waals surface area contributed by atoms with Crippen molar-refractivity contribution in [2.45, 2.75) is 13.3 Å². The number of amides is 1. The van der Waals surface area contributed by atoms with Gasteiger partial charge in [0.1, 0.15) is 11.4 Å². The molecule has 0 radical (unpaired) electrons. The van der Waals surface area contributed by atoms with Gasteiger partial charge in [-0.3, -0.25) is 9.69 Å². The van der Waals surface area contributed by atoms with E-state index in [1.54, 1.807) is 6.07 Å². The van der Waals surface area contributed by atoms with Gasteiger partial charge in [-0.1, -0.05) is 29.3 Å². The van der Waals surface area contributed by atoms with Crippen LogP contribution in [0, 0.1) is 12.7 Å². The van der Waals surface area contributed by atoms with Crippen LogP contribution in [0.5, 0.6) is 5.75 Å². The second-order valence-corrected chi connectivity index (χ2v) is 5.20. The number of halogens is 2. The molecular weight excluding hydrogens is 281 g/mol. The lowest BCUT2D eigenvalue weighted by molar-refractivity contribution is -0.116. The second-order valence-electron chi connectivity index (χ2n) is 4.80. The Kier molecular flexibility index (Phi) is 2.91. The quantitative estimate of drug-likeness (QED) is 0.870. The molecule has 3 rings (SSSR count). The topological polar surface area (TPSA) is 40.5 Å². The Balaban J connectivity index is 2.20. The fourth-order valence-corrected chi connectivity index (χ4v) is 2.75. The molecule has 1 aliphatic heterocycles. The van der Waals surface area contributed by atoms with E-state index in [-0.39, 0.29) is 28.8 Å². The molecule has 0 spiro atoms. The van der Waals surface area contributed by atoms with E-state index in [4.69, 9.17) is 11.6 Å². The maximum atomic E-state index is 14.1. The highest BCUT2D eigenvalue weighted by Crippen LogP contribution is 2.41. The van der Waals surface area contributed by atoms with E-state index in [9.17, 15) is 14.3 Å². The molecule has 5 heteroatoms. The monoisotopic (exact) mass is 291 g/mol. The Morgan fingerprint density at radius 2 is 2.05 bits per heavy atom. The second kappa shape index (κ2) is 4.49. The number of phenols is 1. The van der Waals surface area contributed by atoms with Crippen molar-refractivity contribution in [3.63, 3.8) is 0 Å². The summed E-state index contributed by atoms with van der Waals surface area (Å²) in [6.45, 7) is 1.93. The van der Waals surface area contributed by atoms with Crippen LogP contribution in [-0.2, 0) is 11.2 Å². The van der Waals surface area contributed by atoms with Crippen molar-refractivity contribution in [1.29, 1.82) is 0 Å². The summed E-state index contributed by atoms with van der Waals surface area (Å²) in [5.74, 6) is -1.24. The van der Waals surface area contributed by atoms with Crippen LogP contribution in [0.3, 0.4) is 0 Å². The summed E-state index contributed by atoms with van der Waals surface area (Å²) < 4.78 is 14.1. The molecule has 0 saturated carbocycles. The summed E-state index contributed by atoms with van der Waals surface area (Å²) in [5, 5.41) is 9.33. The summed E-state index contributed by atoms with van der Waals surface area (Å²) in [4.78, 5) is 13.4. The third-order valence-corrected chi connectivity index (χ3v) is 3.58. The Bertz CT molecular complexity index is 707. The first kappa shape index (κ1) is 12.9. The first-order valence-corrected chi connectivity index (χ1v) is 6.45. The van der Waals surface area contributed by atoms with Crippen molar-refractivity contribution in [3.8, 4) is 5.75 Å². The molecule has 0 atom stereocenters. The summed E-state index contributed by atoms with van der Waals surface area (Å²) in [6.07, 6.45) is 0.216. The van der Waals surface area contributed by atoms with Gasteiger partial charge in [0.2, 0.25) is 5.91 Å². The van der Waals surface area contributed by atoms with Crippen molar-refractivity contribution < 1.29 is 14.3 Å². The zero-order valence-electron chi connectivity index (χ0n) is 10.7. The largest absolute Gasteiger partial charge is 0.508 e. The third-order valence-electron chi connectivity index (χ3n) is 3.29. The lowest BCUT2D eigenvalue weighted by Gasteiger charge is -2.20. The third kappa shape index (κ3) is 1.93. The molecule has 2 aromatic carbocycles. The van der Waals surface area contributed by atoms with Crippen LogP contribution < -0.4 is 4.90 Å². The van der Waals surface area contributed by atoms with Gasteiger partial charge in [0, 0.05) is 12.1 Å². The van der Waals surface area contributed by atoms with Crippen molar-refractivity contribution in [2.75, 3.05) is 4.90 Å². The van der Waals surface area contributed by atoms with E-state index < -0.39 is 5.82 Å². The van der Waals surface area contributed by atoms with Crippen LogP contribution in [0.25, 0.3) is 0 Å². The minimum atomic E-state index is -0.725. The van der Waals surface area contributed by atoms with Gasteiger partial charge in [0.15, 0.2) is 5.82 Å². The average Bonchev–Trinajstić information content (AvgIpc) is 2.64. The molecule has 0 fully saturated rings. The number of carbonyl (C=O) groups is 1. The molecule has 0 unspecified atom stereocenters. The number of fused-ring (bicyclic) bond motifs is 1. The van der Waals surface area contributed by atoms with Crippen LogP contribution in [0.4, 0.5) is 15.8 Å². The molecule has 1 heterocycles. The van der Waals surface area contributed by atoms with Crippen molar-refractivity contribution in [3.05, 3.63) is 52.3 Å². The number of rotatable bonds is 1. The SMILES string of the molecule is Cc1ccc2c(c1)CC(=O)N2c1c(F)cc(O)cc1Cl. The number of carbonyl (C=O) groups excluding carboxylic acids is 1. The predicted molar refractivity (Wildman–Crippen MR) is 75.1 cm³/mol. The molecule has 1 N–H and O–H groups in total. The zero-order valence-corrected chi connectivity index (χ0v) is 11.4. The van der Waals surface area contributed by atoms with E-state index in [2.05, 4.69) is 0 Å². The van der Waals surface area contributed by atoms with Gasteiger partial charge >= 0.3 is 0 Å². The number of nitrogens with zero attached hydrogens (tertiary/aromatic N) is 1. The standard InChI is InChI=1S/C15H11ClFNO2/c1-8-2-3-13-9(4-8)5-14(20)18(13)15-11(16)6-10(19)7-12(15)17/h2-4,6-7,19H,5H2,1H3. The number of phenolic OH excluding ortho intramolecular Hbond substituents is 1. The normalized spacial score (nSPS) is 13.8. The van der Waals surface area contributed by atoms with Crippen molar-refractivity contribution >= 4 is 28.9 Å². The molecule has 2 aromatic rings. The summed E-state index contributed by atoms with van der Waals surface area (Å²) in [7, 11) is 0. The van der Waals surface area contributed by atoms with E-state index in [1.165, 1.54) is 11.0 Å². The highest BCUT2D eigenvalue weighted by atomic mass is 35.5. The van der Waals surface area contributed by atoms with Gasteiger partial charge in [-0.25, -0.2) is 4.39 Å². The van der Waals surface area contributed by atoms with Crippen molar-refractivity contribution in [1.82, 2.24) is 0 Å². The van der Waals surface area contributed by atoms with Gasteiger partial charge in [-0.05, 0) is 18.6 Å². The molecule has 0 aliphatic carbocycles. The maximum absolute atomic E-state index is 14.1. The van der Waals surface area contributed by atoms with Crippen LogP contribution in [-0.4, -0.2) is 11.0 Å². The number of benzene rings is 2. The maximum Gasteiger partial charge on any atom is 0.236 e. The fraction of sp³-hybridized carbons (Fsp3) is 0.133. The lowest BCUT2D eigenvalue weighted by atomic mass is 10.1. The highest BCUT2D eigenvalue weighted by Gasteiger charge is 2.32. The molecule has 0 saturated heterocycles. The number of aryl methyl sites for hydroxylation is 1. The number of hydrogen-bond donors (Lipinski definition) is 1. The van der Waals surface area contributed by atoms with Gasteiger partial charge in [-0.2, -0.15) is 0 Å². The molecule has 20 heavy (non-hydrogen) atoms. The first-order chi connectivity index (χ1) is 9.47. The van der Waals surface area contributed by atoms with Gasteiger partial charge < -0.3 is 5.11 Å². The smallest absolute Gasteiger partial charge is 0.236 e. The van der Waals surface area contributed by atoms with Crippen LogP contribution in [0.15, 0.2) is 30.3 Å². The zero-order chi connectivity index (χ0) is 14.4. The number of aromatic hydroxyl groups is 1. The Morgan fingerprint density at radius 1 is 1.30 bits per heavy atom. The van der Waals surface area contributed by atoms with Crippen LogP contribution >= 0.6 is 11.6 Å². The lowest BCUT2D eigenvalue weighted by Crippen LogP contribution is -2.22. The minimum Gasteiger partial charge on any atom is -0.508 e. The van der Waals surface area contributed by atoms with Gasteiger partial charge in [0.25, 0.3) is 0 Å². The molecule has 1 aliphatic rings. The minimum absolute atomic E-state index is 0.00396. The van der Waals surface area contributed by atoms with Crippen molar-refractivity contribution in [2.24, 2.45) is 0 Å². The van der Waals surface area contributed by atoms with Gasteiger partial charge in [-0.15, -0.1) is 0 Å². The van der Waals surface area contributed by atoms with Crippen LogP contribution in [0.2, 0.25) is 5.02 Å². The predicted octanol–water partition coefficient (Wildman–Crippen LogP) is 3.71. The molecule has 0 bridgehead atoms.